The highest BCUT2D eigenvalue weighted by atomic mass is 16.5. The van der Waals surface area contributed by atoms with Gasteiger partial charge in [0, 0.05) is 39.0 Å². The van der Waals surface area contributed by atoms with E-state index in [0.717, 1.165) is 18.1 Å². The number of likely N-dealkylation sites (N-methyl/N-ethyl adjacent to an activating group) is 1. The second-order valence-corrected chi connectivity index (χ2v) is 5.20. The Morgan fingerprint density at radius 2 is 2.42 bits per heavy atom. The van der Waals surface area contributed by atoms with Gasteiger partial charge in [0.15, 0.2) is 0 Å². The minimum Gasteiger partial charge on any atom is -0.379 e. The molecule has 19 heavy (non-hydrogen) atoms. The highest BCUT2D eigenvalue weighted by molar-refractivity contribution is 5.82. The molecule has 1 fully saturated rings. The molecule has 6 nitrogen and oxygen atoms in total. The summed E-state index contributed by atoms with van der Waals surface area (Å²) in [6.07, 6.45) is 5.95. The predicted molar refractivity (Wildman–Crippen MR) is 71.3 cm³/mol. The van der Waals surface area contributed by atoms with E-state index in [1.807, 2.05) is 0 Å². The first kappa shape index (κ1) is 14.0. The Balaban J connectivity index is 1.73. The molecular formula is C13H22N4O2. The fourth-order valence-electron chi connectivity index (χ4n) is 1.83. The zero-order valence-corrected chi connectivity index (χ0v) is 11.6. The van der Waals surface area contributed by atoms with Crippen molar-refractivity contribution in [3.05, 3.63) is 18.0 Å². The van der Waals surface area contributed by atoms with E-state index >= 15 is 0 Å². The van der Waals surface area contributed by atoms with Crippen LogP contribution in [0.1, 0.15) is 24.4 Å². The summed E-state index contributed by atoms with van der Waals surface area (Å²) in [5.41, 5.74) is 6.66. The van der Waals surface area contributed by atoms with Crippen molar-refractivity contribution < 1.29 is 9.53 Å². The largest absolute Gasteiger partial charge is 0.379 e. The van der Waals surface area contributed by atoms with Gasteiger partial charge in [0.25, 0.3) is 0 Å². The van der Waals surface area contributed by atoms with E-state index in [2.05, 4.69) is 5.10 Å². The summed E-state index contributed by atoms with van der Waals surface area (Å²) in [6.45, 7) is 1.95. The lowest BCUT2D eigenvalue weighted by Crippen LogP contribution is -2.37. The van der Waals surface area contributed by atoms with Crippen molar-refractivity contribution in [1.29, 1.82) is 0 Å². The Bertz CT molecular complexity index is 428. The van der Waals surface area contributed by atoms with Gasteiger partial charge in [0.05, 0.1) is 12.8 Å². The number of nitrogens with two attached hydrogens (primary N) is 1. The van der Waals surface area contributed by atoms with Crippen LogP contribution in [0.25, 0.3) is 0 Å². The number of hydrogen-bond acceptors (Lipinski definition) is 4. The average molecular weight is 266 g/mol. The van der Waals surface area contributed by atoms with Crippen LogP contribution in [0.2, 0.25) is 0 Å². The van der Waals surface area contributed by atoms with E-state index in [9.17, 15) is 4.79 Å². The molecule has 1 aliphatic carbocycles. The molecule has 1 atom stereocenters. The van der Waals surface area contributed by atoms with Gasteiger partial charge in [-0.05, 0) is 18.8 Å². The van der Waals surface area contributed by atoms with Crippen LogP contribution in [-0.4, -0.2) is 47.4 Å². The molecule has 6 heteroatoms. The zero-order chi connectivity index (χ0) is 13.8. The second kappa shape index (κ2) is 6.16. The minimum absolute atomic E-state index is 0.108. The molecule has 0 aliphatic heterocycles. The van der Waals surface area contributed by atoms with Gasteiger partial charge in [-0.15, -0.1) is 0 Å². The average Bonchev–Trinajstić information content (AvgIpc) is 3.13. The highest BCUT2D eigenvalue weighted by Crippen LogP contribution is 2.28. The minimum atomic E-state index is -0.651. The Morgan fingerprint density at radius 1 is 1.68 bits per heavy atom. The quantitative estimate of drug-likeness (QED) is 0.721. The number of carbonyl (C=O) groups is 1. The number of rotatable bonds is 7. The molecule has 1 aliphatic rings. The predicted octanol–water partition coefficient (Wildman–Crippen LogP) is 0.305. The number of ether oxygens (including phenoxy) is 1. The topological polar surface area (TPSA) is 73.4 Å². The van der Waals surface area contributed by atoms with Crippen LogP contribution < -0.4 is 5.73 Å². The maximum atomic E-state index is 12.1. The third-order valence-corrected chi connectivity index (χ3v) is 3.35. The summed E-state index contributed by atoms with van der Waals surface area (Å²) in [5.74, 6) is 0.640. The molecular weight excluding hydrogens is 244 g/mol. The lowest BCUT2D eigenvalue weighted by molar-refractivity contribution is -0.132. The number of aryl methyl sites for hydroxylation is 1. The van der Waals surface area contributed by atoms with Gasteiger partial charge in [-0.3, -0.25) is 9.48 Å². The molecule has 0 radical (unpaired) electrons. The summed E-state index contributed by atoms with van der Waals surface area (Å²) in [7, 11) is 3.55. The van der Waals surface area contributed by atoms with Gasteiger partial charge in [0.1, 0.15) is 6.04 Å². The Hall–Kier alpha value is -1.40. The summed E-state index contributed by atoms with van der Waals surface area (Å²) < 4.78 is 7.16. The molecule has 0 saturated heterocycles. The van der Waals surface area contributed by atoms with E-state index in [-0.39, 0.29) is 5.91 Å². The molecule has 1 aromatic rings. The molecule has 106 valence electrons. The zero-order valence-electron chi connectivity index (χ0n) is 11.6. The van der Waals surface area contributed by atoms with E-state index in [1.54, 1.807) is 36.1 Å². The van der Waals surface area contributed by atoms with Gasteiger partial charge >= 0.3 is 0 Å². The maximum absolute atomic E-state index is 12.1. The Morgan fingerprint density at radius 3 is 3.00 bits per heavy atom. The normalized spacial score (nSPS) is 16.4. The SMILES string of the molecule is CN(CCOCC1CC1)C(=O)C(N)c1cnn(C)c1. The van der Waals surface area contributed by atoms with Gasteiger partial charge in [0.2, 0.25) is 5.91 Å². The second-order valence-electron chi connectivity index (χ2n) is 5.20. The Kier molecular flexibility index (Phi) is 4.55. The van der Waals surface area contributed by atoms with Crippen molar-refractivity contribution in [3.8, 4) is 0 Å². The van der Waals surface area contributed by atoms with Crippen molar-refractivity contribution in [1.82, 2.24) is 14.7 Å². The molecule has 1 unspecified atom stereocenters. The standard InChI is InChI=1S/C13H22N4O2/c1-16(5-6-19-9-10-3-4-10)13(18)12(14)11-7-15-17(2)8-11/h7-8,10,12H,3-6,9,14H2,1-2H3. The summed E-state index contributed by atoms with van der Waals surface area (Å²) in [4.78, 5) is 13.7. The third kappa shape index (κ3) is 4.04. The Labute approximate surface area is 113 Å². The molecule has 2 rings (SSSR count). The lowest BCUT2D eigenvalue weighted by atomic mass is 10.1. The molecule has 1 saturated carbocycles. The van der Waals surface area contributed by atoms with Crippen LogP contribution in [-0.2, 0) is 16.6 Å². The van der Waals surface area contributed by atoms with Crippen molar-refractivity contribution in [3.63, 3.8) is 0 Å². The van der Waals surface area contributed by atoms with Crippen LogP contribution >= 0.6 is 0 Å². The maximum Gasteiger partial charge on any atom is 0.244 e. The van der Waals surface area contributed by atoms with Crippen LogP contribution in [0.15, 0.2) is 12.4 Å². The van der Waals surface area contributed by atoms with E-state index in [0.29, 0.717) is 13.2 Å². The summed E-state index contributed by atoms with van der Waals surface area (Å²) in [5, 5.41) is 4.02. The molecule has 0 spiro atoms. The molecule has 0 bridgehead atoms. The van der Waals surface area contributed by atoms with Crippen molar-refractivity contribution >= 4 is 5.91 Å². The van der Waals surface area contributed by atoms with Gasteiger partial charge in [-0.25, -0.2) is 0 Å². The first-order valence-electron chi connectivity index (χ1n) is 6.64. The van der Waals surface area contributed by atoms with Crippen LogP contribution in [0.5, 0.6) is 0 Å². The van der Waals surface area contributed by atoms with Crippen LogP contribution in [0, 0.1) is 5.92 Å². The molecule has 0 aromatic carbocycles. The monoisotopic (exact) mass is 266 g/mol. The fourth-order valence-corrected chi connectivity index (χ4v) is 1.83. The molecule has 1 aromatic heterocycles. The summed E-state index contributed by atoms with van der Waals surface area (Å²) in [6, 6.07) is -0.651. The number of hydrogen-bond donors (Lipinski definition) is 1. The fraction of sp³-hybridized carbons (Fsp3) is 0.692. The molecule has 1 heterocycles. The van der Waals surface area contributed by atoms with Gasteiger partial charge in [-0.2, -0.15) is 5.10 Å². The number of carbonyl (C=O) groups excluding carboxylic acids is 1. The number of aromatic nitrogens is 2. The lowest BCUT2D eigenvalue weighted by Gasteiger charge is -2.20. The number of nitrogens with zero attached hydrogens (tertiary/aromatic N) is 3. The van der Waals surface area contributed by atoms with Crippen LogP contribution in [0.4, 0.5) is 0 Å². The third-order valence-electron chi connectivity index (χ3n) is 3.35. The summed E-state index contributed by atoms with van der Waals surface area (Å²) >= 11 is 0. The smallest absolute Gasteiger partial charge is 0.244 e. The van der Waals surface area contributed by atoms with Crippen molar-refractivity contribution in [2.75, 3.05) is 26.8 Å². The highest BCUT2D eigenvalue weighted by Gasteiger charge is 2.22. The molecule has 2 N–H and O–H groups in total. The van der Waals surface area contributed by atoms with E-state index < -0.39 is 6.04 Å². The van der Waals surface area contributed by atoms with E-state index in [4.69, 9.17) is 10.5 Å². The van der Waals surface area contributed by atoms with Crippen LogP contribution in [0.3, 0.4) is 0 Å². The van der Waals surface area contributed by atoms with Gasteiger partial charge < -0.3 is 15.4 Å². The molecule has 1 amide bonds. The van der Waals surface area contributed by atoms with Gasteiger partial charge in [-0.1, -0.05) is 0 Å². The van der Waals surface area contributed by atoms with Crippen molar-refractivity contribution in [2.24, 2.45) is 18.7 Å². The van der Waals surface area contributed by atoms with E-state index in [1.165, 1.54) is 12.8 Å². The number of amides is 1. The first-order chi connectivity index (χ1) is 9.08. The first-order valence-corrected chi connectivity index (χ1v) is 6.64. The van der Waals surface area contributed by atoms with Crippen molar-refractivity contribution in [2.45, 2.75) is 18.9 Å².